The van der Waals surface area contributed by atoms with Crippen LogP contribution in [0.4, 0.5) is 5.13 Å². The molecule has 1 amide bonds. The molecule has 2 aromatic heterocycles. The van der Waals surface area contributed by atoms with Crippen LogP contribution >= 0.6 is 11.3 Å². The Morgan fingerprint density at radius 2 is 2.22 bits per heavy atom. The highest BCUT2D eigenvalue weighted by Crippen LogP contribution is 2.59. The second-order valence-electron chi connectivity index (χ2n) is 8.33. The van der Waals surface area contributed by atoms with E-state index in [9.17, 15) is 9.90 Å². The highest BCUT2D eigenvalue weighted by Gasteiger charge is 2.60. The third kappa shape index (κ3) is 3.23. The molecule has 2 aromatic rings. The van der Waals surface area contributed by atoms with Crippen LogP contribution in [0.3, 0.4) is 0 Å². The second-order valence-corrected chi connectivity index (χ2v) is 9.19. The number of thiazole rings is 1. The van der Waals surface area contributed by atoms with Gasteiger partial charge in [-0.25, -0.2) is 4.98 Å². The fourth-order valence-electron chi connectivity index (χ4n) is 5.53. The van der Waals surface area contributed by atoms with Gasteiger partial charge in [-0.3, -0.25) is 9.78 Å². The van der Waals surface area contributed by atoms with Crippen LogP contribution in [0.2, 0.25) is 0 Å². The molecule has 4 aliphatic rings. The first-order valence-electron chi connectivity index (χ1n) is 9.71. The average molecular weight is 385 g/mol. The van der Waals surface area contributed by atoms with E-state index in [4.69, 9.17) is 0 Å². The van der Waals surface area contributed by atoms with Crippen molar-refractivity contribution < 1.29 is 9.90 Å². The van der Waals surface area contributed by atoms with Gasteiger partial charge in [0.05, 0.1) is 5.60 Å². The van der Waals surface area contributed by atoms with Crippen molar-refractivity contribution in [3.63, 3.8) is 0 Å². The molecule has 0 spiro atoms. The van der Waals surface area contributed by atoms with Crippen molar-refractivity contribution in [2.45, 2.75) is 43.7 Å². The summed E-state index contributed by atoms with van der Waals surface area (Å²) in [4.78, 5) is 21.2. The van der Waals surface area contributed by atoms with Gasteiger partial charge in [-0.1, -0.05) is 6.07 Å². The van der Waals surface area contributed by atoms with Crippen LogP contribution in [0.1, 0.15) is 41.7 Å². The third-order valence-electron chi connectivity index (χ3n) is 6.53. The Morgan fingerprint density at radius 3 is 3.04 bits per heavy atom. The standard InChI is InChI=1S/C20H24N4O2S/c25-18(24-17-14-6-13-7-20(26,8-14)9-15(13)17)16-11-27-19(23-16)22-5-3-12-2-1-4-21-10-12/h1-2,4,10-11,13-15,17,26H,3,5-9H2,(H,22,23)(H,24,25). The van der Waals surface area contributed by atoms with E-state index < -0.39 is 5.60 Å². The zero-order chi connectivity index (χ0) is 18.4. The number of nitrogens with zero attached hydrogens (tertiary/aromatic N) is 2. The fourth-order valence-corrected chi connectivity index (χ4v) is 6.25. The Morgan fingerprint density at radius 1 is 1.33 bits per heavy atom. The Balaban J connectivity index is 1.16. The number of aromatic nitrogens is 2. The quantitative estimate of drug-likeness (QED) is 0.712. The lowest BCUT2D eigenvalue weighted by Crippen LogP contribution is -2.48. The van der Waals surface area contributed by atoms with Gasteiger partial charge in [-0.15, -0.1) is 11.3 Å². The van der Waals surface area contributed by atoms with Crippen LogP contribution in [0.25, 0.3) is 0 Å². The zero-order valence-corrected chi connectivity index (χ0v) is 15.9. The normalized spacial score (nSPS) is 33.4. The maximum atomic E-state index is 12.7. The van der Waals surface area contributed by atoms with Crippen molar-refractivity contribution in [3.8, 4) is 0 Å². The van der Waals surface area contributed by atoms with E-state index in [1.807, 2.05) is 17.6 Å². The lowest BCUT2D eigenvalue weighted by Gasteiger charge is -2.38. The molecule has 5 atom stereocenters. The maximum Gasteiger partial charge on any atom is 0.271 e. The summed E-state index contributed by atoms with van der Waals surface area (Å²) >= 11 is 1.46. The summed E-state index contributed by atoms with van der Waals surface area (Å²) < 4.78 is 0. The minimum absolute atomic E-state index is 0.0838. The number of pyridine rings is 1. The molecule has 0 saturated heterocycles. The van der Waals surface area contributed by atoms with Crippen LogP contribution in [0.5, 0.6) is 0 Å². The molecule has 4 saturated carbocycles. The van der Waals surface area contributed by atoms with Crippen molar-refractivity contribution >= 4 is 22.4 Å². The number of aliphatic hydroxyl groups is 1. The Labute approximate surface area is 162 Å². The molecule has 5 unspecified atom stereocenters. The molecule has 2 heterocycles. The van der Waals surface area contributed by atoms with Gasteiger partial charge in [-0.05, 0) is 61.5 Å². The molecule has 4 bridgehead atoms. The first-order valence-corrected chi connectivity index (χ1v) is 10.6. The van der Waals surface area contributed by atoms with E-state index in [-0.39, 0.29) is 11.9 Å². The summed E-state index contributed by atoms with van der Waals surface area (Å²) in [5.41, 5.74) is 1.21. The second kappa shape index (κ2) is 6.56. The molecule has 0 aromatic carbocycles. The van der Waals surface area contributed by atoms with Gasteiger partial charge in [0.2, 0.25) is 0 Å². The smallest absolute Gasteiger partial charge is 0.271 e. The zero-order valence-electron chi connectivity index (χ0n) is 15.1. The van der Waals surface area contributed by atoms with E-state index in [1.165, 1.54) is 16.9 Å². The number of carbonyl (C=O) groups is 1. The summed E-state index contributed by atoms with van der Waals surface area (Å²) in [6, 6.07) is 4.19. The van der Waals surface area contributed by atoms with Crippen LogP contribution in [-0.4, -0.2) is 39.2 Å². The largest absolute Gasteiger partial charge is 0.390 e. The number of amides is 1. The number of hydrogen-bond acceptors (Lipinski definition) is 6. The fraction of sp³-hybridized carbons (Fsp3) is 0.550. The molecule has 0 radical (unpaired) electrons. The molecule has 4 fully saturated rings. The topological polar surface area (TPSA) is 87.1 Å². The van der Waals surface area contributed by atoms with Crippen molar-refractivity contribution in [1.29, 1.82) is 0 Å². The van der Waals surface area contributed by atoms with Gasteiger partial charge in [0.1, 0.15) is 5.69 Å². The van der Waals surface area contributed by atoms with Crippen molar-refractivity contribution in [2.24, 2.45) is 17.8 Å². The number of carbonyl (C=O) groups excluding carboxylic acids is 1. The predicted molar refractivity (Wildman–Crippen MR) is 104 cm³/mol. The van der Waals surface area contributed by atoms with E-state index in [2.05, 4.69) is 26.7 Å². The molecule has 7 heteroatoms. The molecule has 0 aliphatic heterocycles. The molecular formula is C20H24N4O2S. The Bertz CT molecular complexity index is 838. The predicted octanol–water partition coefficient (Wildman–Crippen LogP) is 2.47. The van der Waals surface area contributed by atoms with Crippen LogP contribution < -0.4 is 10.6 Å². The molecule has 142 valence electrons. The highest BCUT2D eigenvalue weighted by atomic mass is 32.1. The minimum atomic E-state index is -0.453. The first kappa shape index (κ1) is 17.1. The lowest BCUT2D eigenvalue weighted by molar-refractivity contribution is -0.0192. The SMILES string of the molecule is O=C(NC1C2CC3CC(O)(C2)CC31)c1csc(NCCc2cccnc2)n1. The van der Waals surface area contributed by atoms with Gasteiger partial charge in [0.25, 0.3) is 5.91 Å². The van der Waals surface area contributed by atoms with Gasteiger partial charge in [0.15, 0.2) is 5.13 Å². The number of rotatable bonds is 6. The number of anilines is 1. The van der Waals surface area contributed by atoms with Crippen LogP contribution in [0, 0.1) is 17.8 Å². The Kier molecular flexibility index (Phi) is 4.16. The van der Waals surface area contributed by atoms with Gasteiger partial charge in [0, 0.05) is 30.4 Å². The van der Waals surface area contributed by atoms with Crippen molar-refractivity contribution in [1.82, 2.24) is 15.3 Å². The summed E-state index contributed by atoms with van der Waals surface area (Å²) in [5, 5.41) is 19.6. The van der Waals surface area contributed by atoms with Crippen LogP contribution in [-0.2, 0) is 6.42 Å². The van der Waals surface area contributed by atoms with Gasteiger partial charge < -0.3 is 15.7 Å². The van der Waals surface area contributed by atoms with E-state index in [1.54, 1.807) is 6.20 Å². The molecular weight excluding hydrogens is 360 g/mol. The molecule has 4 aliphatic carbocycles. The summed E-state index contributed by atoms with van der Waals surface area (Å²) in [6.07, 6.45) is 8.25. The van der Waals surface area contributed by atoms with E-state index in [0.717, 1.165) is 43.8 Å². The first-order chi connectivity index (χ1) is 13.1. The van der Waals surface area contributed by atoms with E-state index >= 15 is 0 Å². The van der Waals surface area contributed by atoms with Crippen molar-refractivity contribution in [3.05, 3.63) is 41.2 Å². The third-order valence-corrected chi connectivity index (χ3v) is 7.33. The average Bonchev–Trinajstić information content (AvgIpc) is 3.28. The summed E-state index contributed by atoms with van der Waals surface area (Å²) in [7, 11) is 0. The molecule has 27 heavy (non-hydrogen) atoms. The molecule has 6 nitrogen and oxygen atoms in total. The van der Waals surface area contributed by atoms with Crippen molar-refractivity contribution in [2.75, 3.05) is 11.9 Å². The maximum absolute atomic E-state index is 12.7. The lowest BCUT2D eigenvalue weighted by atomic mass is 9.76. The number of hydrogen-bond donors (Lipinski definition) is 3. The summed E-state index contributed by atoms with van der Waals surface area (Å²) in [5.74, 6) is 1.36. The minimum Gasteiger partial charge on any atom is -0.390 e. The molecule has 6 rings (SSSR count). The highest BCUT2D eigenvalue weighted by molar-refractivity contribution is 7.13. The number of nitrogens with one attached hydrogen (secondary N) is 2. The van der Waals surface area contributed by atoms with Gasteiger partial charge >= 0.3 is 0 Å². The monoisotopic (exact) mass is 384 g/mol. The van der Waals surface area contributed by atoms with Gasteiger partial charge in [-0.2, -0.15) is 0 Å². The summed E-state index contributed by atoms with van der Waals surface area (Å²) in [6.45, 7) is 0.757. The molecule has 3 N–H and O–H groups in total. The van der Waals surface area contributed by atoms with Crippen LogP contribution in [0.15, 0.2) is 29.9 Å². The van der Waals surface area contributed by atoms with E-state index in [0.29, 0.717) is 23.4 Å². The Hall–Kier alpha value is -1.99.